The van der Waals surface area contributed by atoms with E-state index in [9.17, 15) is 0 Å². The van der Waals surface area contributed by atoms with Crippen LogP contribution < -0.4 is 10.9 Å². The highest BCUT2D eigenvalue weighted by atomic mass is 32.1. The standard InChI is InChI=1S/C7H10B2S/c1-4-2-5(8)3-6(9)7(4)10/h2-3,10H,8-9H2,1H3. The van der Waals surface area contributed by atoms with Crippen molar-refractivity contribution in [3.63, 3.8) is 0 Å². The van der Waals surface area contributed by atoms with E-state index >= 15 is 0 Å². The second kappa shape index (κ2) is 2.75. The molecule has 0 saturated carbocycles. The third kappa shape index (κ3) is 1.40. The van der Waals surface area contributed by atoms with Crippen LogP contribution in [0.4, 0.5) is 0 Å². The van der Waals surface area contributed by atoms with Crippen molar-refractivity contribution in [3.8, 4) is 0 Å². The summed E-state index contributed by atoms with van der Waals surface area (Å²) >= 11 is 4.36. The second-order valence-corrected chi connectivity index (χ2v) is 3.19. The van der Waals surface area contributed by atoms with Gasteiger partial charge in [-0.25, -0.2) is 0 Å². The summed E-state index contributed by atoms with van der Waals surface area (Å²) in [4.78, 5) is 1.12. The second-order valence-electron chi connectivity index (χ2n) is 2.75. The first-order valence-corrected chi connectivity index (χ1v) is 3.83. The predicted molar refractivity (Wildman–Crippen MR) is 54.8 cm³/mol. The van der Waals surface area contributed by atoms with E-state index in [0.29, 0.717) is 0 Å². The van der Waals surface area contributed by atoms with Crippen molar-refractivity contribution in [2.24, 2.45) is 0 Å². The number of thiol groups is 1. The molecule has 0 nitrogen and oxygen atoms in total. The number of benzene rings is 1. The molecule has 0 N–H and O–H groups in total. The molecule has 1 rings (SSSR count). The molecule has 0 bridgehead atoms. The van der Waals surface area contributed by atoms with Gasteiger partial charge in [-0.1, -0.05) is 23.1 Å². The van der Waals surface area contributed by atoms with Crippen molar-refractivity contribution in [3.05, 3.63) is 17.7 Å². The fourth-order valence-corrected chi connectivity index (χ4v) is 1.30. The van der Waals surface area contributed by atoms with Gasteiger partial charge in [0.25, 0.3) is 0 Å². The van der Waals surface area contributed by atoms with Gasteiger partial charge in [-0.15, -0.1) is 12.6 Å². The van der Waals surface area contributed by atoms with Gasteiger partial charge < -0.3 is 0 Å². The van der Waals surface area contributed by atoms with Crippen molar-refractivity contribution in [2.75, 3.05) is 0 Å². The van der Waals surface area contributed by atoms with Crippen molar-refractivity contribution >= 4 is 39.2 Å². The fourth-order valence-electron chi connectivity index (χ4n) is 1.17. The van der Waals surface area contributed by atoms with Crippen molar-refractivity contribution in [1.82, 2.24) is 0 Å². The lowest BCUT2D eigenvalue weighted by Crippen LogP contribution is -2.15. The maximum Gasteiger partial charge on any atom is 0.140 e. The summed E-state index contributed by atoms with van der Waals surface area (Å²) in [6.45, 7) is 2.09. The van der Waals surface area contributed by atoms with Gasteiger partial charge in [0.1, 0.15) is 15.7 Å². The molecule has 0 atom stereocenters. The molecule has 0 radical (unpaired) electrons. The Hall–Kier alpha value is -0.300. The topological polar surface area (TPSA) is 0 Å². The third-order valence-electron chi connectivity index (χ3n) is 1.64. The Morgan fingerprint density at radius 1 is 1.30 bits per heavy atom. The van der Waals surface area contributed by atoms with Crippen LogP contribution in [0.2, 0.25) is 0 Å². The normalized spacial score (nSPS) is 9.80. The van der Waals surface area contributed by atoms with E-state index in [1.807, 2.05) is 0 Å². The first-order valence-electron chi connectivity index (χ1n) is 3.38. The van der Waals surface area contributed by atoms with Crippen LogP contribution in [0.5, 0.6) is 0 Å². The minimum atomic E-state index is 1.12. The van der Waals surface area contributed by atoms with E-state index in [1.54, 1.807) is 0 Å². The van der Waals surface area contributed by atoms with Gasteiger partial charge in [0.05, 0.1) is 0 Å². The molecule has 0 aliphatic heterocycles. The lowest BCUT2D eigenvalue weighted by atomic mass is 9.86. The Kier molecular flexibility index (Phi) is 2.14. The van der Waals surface area contributed by atoms with Crippen LogP contribution in [0.3, 0.4) is 0 Å². The van der Waals surface area contributed by atoms with Crippen molar-refractivity contribution in [2.45, 2.75) is 11.8 Å². The molecular weight excluding hydrogens is 138 g/mol. The largest absolute Gasteiger partial charge is 0.144 e. The first kappa shape index (κ1) is 7.80. The molecule has 50 valence electrons. The van der Waals surface area contributed by atoms with E-state index in [2.05, 4.69) is 47.4 Å². The molecule has 0 aliphatic carbocycles. The average Bonchev–Trinajstić information content (AvgIpc) is 1.82. The SMILES string of the molecule is Bc1cc(B)c(S)c(C)c1. The highest BCUT2D eigenvalue weighted by Gasteiger charge is 1.96. The molecule has 3 heteroatoms. The Labute approximate surface area is 69.3 Å². The molecule has 0 heterocycles. The summed E-state index contributed by atoms with van der Waals surface area (Å²) in [5.41, 5.74) is 3.84. The van der Waals surface area contributed by atoms with Crippen LogP contribution in [-0.4, -0.2) is 15.7 Å². The van der Waals surface area contributed by atoms with Crippen molar-refractivity contribution in [1.29, 1.82) is 0 Å². The van der Waals surface area contributed by atoms with Gasteiger partial charge in [0, 0.05) is 4.90 Å². The Morgan fingerprint density at radius 3 is 2.40 bits per heavy atom. The maximum absolute atomic E-state index is 4.36. The van der Waals surface area contributed by atoms with E-state index in [0.717, 1.165) is 4.90 Å². The Morgan fingerprint density at radius 2 is 1.90 bits per heavy atom. The number of hydrogen-bond donors (Lipinski definition) is 1. The van der Waals surface area contributed by atoms with Crippen LogP contribution >= 0.6 is 12.6 Å². The summed E-state index contributed by atoms with van der Waals surface area (Å²) in [7, 11) is 4.19. The van der Waals surface area contributed by atoms with Gasteiger partial charge >= 0.3 is 0 Å². The summed E-state index contributed by atoms with van der Waals surface area (Å²) < 4.78 is 0. The highest BCUT2D eigenvalue weighted by Crippen LogP contribution is 2.05. The first-order chi connectivity index (χ1) is 4.61. The molecule has 0 fully saturated rings. The molecule has 10 heavy (non-hydrogen) atoms. The molecule has 0 aliphatic rings. The van der Waals surface area contributed by atoms with Crippen LogP contribution in [-0.2, 0) is 0 Å². The fraction of sp³-hybridized carbons (Fsp3) is 0.143. The Balaban J connectivity index is 3.31. The minimum Gasteiger partial charge on any atom is -0.144 e. The summed E-state index contributed by atoms with van der Waals surface area (Å²) in [6, 6.07) is 4.30. The molecule has 0 aromatic heterocycles. The van der Waals surface area contributed by atoms with Gasteiger partial charge in [-0.2, -0.15) is 0 Å². The molecule has 0 spiro atoms. The summed E-state index contributed by atoms with van der Waals surface area (Å²) in [5, 5.41) is 0. The van der Waals surface area contributed by atoms with Gasteiger partial charge in [0.15, 0.2) is 0 Å². The molecule has 0 amide bonds. The highest BCUT2D eigenvalue weighted by molar-refractivity contribution is 7.80. The maximum atomic E-state index is 4.36. The lowest BCUT2D eigenvalue weighted by Gasteiger charge is -2.04. The van der Waals surface area contributed by atoms with Crippen LogP contribution in [0.15, 0.2) is 17.0 Å². The zero-order valence-corrected chi connectivity index (χ0v) is 7.50. The van der Waals surface area contributed by atoms with Crippen LogP contribution in [0.1, 0.15) is 5.56 Å². The van der Waals surface area contributed by atoms with Crippen LogP contribution in [0, 0.1) is 6.92 Å². The van der Waals surface area contributed by atoms with Gasteiger partial charge in [-0.05, 0) is 12.5 Å². The summed E-state index contributed by atoms with van der Waals surface area (Å²) in [5.74, 6) is 0. The average molecular weight is 148 g/mol. The summed E-state index contributed by atoms with van der Waals surface area (Å²) in [6.07, 6.45) is 0. The van der Waals surface area contributed by atoms with E-state index in [-0.39, 0.29) is 0 Å². The minimum absolute atomic E-state index is 1.12. The number of rotatable bonds is 0. The Bertz CT molecular complexity index is 235. The monoisotopic (exact) mass is 148 g/mol. The van der Waals surface area contributed by atoms with Gasteiger partial charge in [0.2, 0.25) is 0 Å². The lowest BCUT2D eigenvalue weighted by molar-refractivity contribution is 1.36. The third-order valence-corrected chi connectivity index (χ3v) is 2.34. The molecular formula is C7H10B2S. The molecule has 1 aromatic carbocycles. The van der Waals surface area contributed by atoms with Crippen molar-refractivity contribution < 1.29 is 0 Å². The predicted octanol–water partition coefficient (Wildman–Crippen LogP) is -1.20. The molecule has 0 unspecified atom stereocenters. The molecule has 1 aromatic rings. The van der Waals surface area contributed by atoms with E-state index in [4.69, 9.17) is 0 Å². The van der Waals surface area contributed by atoms with E-state index < -0.39 is 0 Å². The quantitative estimate of drug-likeness (QED) is 0.346. The number of aryl methyl sites for hydroxylation is 1. The van der Waals surface area contributed by atoms with Gasteiger partial charge in [-0.3, -0.25) is 0 Å². The van der Waals surface area contributed by atoms with Crippen LogP contribution in [0.25, 0.3) is 0 Å². The van der Waals surface area contributed by atoms with E-state index in [1.165, 1.54) is 16.5 Å². The zero-order valence-electron chi connectivity index (χ0n) is 6.60. The zero-order chi connectivity index (χ0) is 7.72. The number of hydrogen-bond acceptors (Lipinski definition) is 1. The smallest absolute Gasteiger partial charge is 0.140 e. The molecule has 0 saturated heterocycles.